The summed E-state index contributed by atoms with van der Waals surface area (Å²) in [5.41, 5.74) is 2.20. The van der Waals surface area contributed by atoms with Gasteiger partial charge in [0.15, 0.2) is 0 Å². The van der Waals surface area contributed by atoms with E-state index in [1.165, 1.54) is 0 Å². The maximum Gasteiger partial charge on any atom is 0.222 e. The van der Waals surface area contributed by atoms with Crippen LogP contribution in [0.15, 0.2) is 36.7 Å². The number of morpholine rings is 1. The van der Waals surface area contributed by atoms with Gasteiger partial charge in [-0.25, -0.2) is 0 Å². The molecule has 1 aromatic carbocycles. The summed E-state index contributed by atoms with van der Waals surface area (Å²) in [6.45, 7) is 1.83. The van der Waals surface area contributed by atoms with Crippen LogP contribution in [0.1, 0.15) is 30.1 Å². The van der Waals surface area contributed by atoms with Crippen LogP contribution in [0.2, 0.25) is 5.02 Å². The summed E-state index contributed by atoms with van der Waals surface area (Å²) in [5.74, 6) is 0.191. The molecule has 1 atom stereocenters. The van der Waals surface area contributed by atoms with Crippen molar-refractivity contribution in [1.82, 2.24) is 15.1 Å². The lowest BCUT2D eigenvalue weighted by Gasteiger charge is -2.33. The Balaban J connectivity index is 1.51. The second-order valence-corrected chi connectivity index (χ2v) is 6.15. The van der Waals surface area contributed by atoms with Crippen molar-refractivity contribution in [2.24, 2.45) is 0 Å². The van der Waals surface area contributed by atoms with Crippen LogP contribution in [-0.2, 0) is 16.0 Å². The molecule has 0 bridgehead atoms. The second-order valence-electron chi connectivity index (χ2n) is 5.71. The molecule has 1 saturated heterocycles. The predicted octanol–water partition coefficient (Wildman–Crippen LogP) is 2.99. The normalized spacial score (nSPS) is 18.1. The van der Waals surface area contributed by atoms with Crippen molar-refractivity contribution in [3.05, 3.63) is 52.8 Å². The molecule has 0 unspecified atom stereocenters. The van der Waals surface area contributed by atoms with Crippen LogP contribution in [0, 0.1) is 0 Å². The number of aryl methyl sites for hydroxylation is 1. The molecule has 6 heteroatoms. The van der Waals surface area contributed by atoms with Gasteiger partial charge in [-0.1, -0.05) is 23.7 Å². The molecule has 0 radical (unpaired) electrons. The number of carbonyl (C=O) groups is 1. The number of aromatic amines is 1. The number of carbonyl (C=O) groups excluding carboxylic acids is 1. The van der Waals surface area contributed by atoms with E-state index in [1.807, 2.05) is 35.4 Å². The molecular weight excluding hydrogens is 314 g/mol. The van der Waals surface area contributed by atoms with Crippen molar-refractivity contribution in [2.45, 2.75) is 25.4 Å². The Hall–Kier alpha value is -1.85. The maximum absolute atomic E-state index is 12.4. The van der Waals surface area contributed by atoms with Gasteiger partial charge in [-0.2, -0.15) is 5.10 Å². The van der Waals surface area contributed by atoms with Gasteiger partial charge in [-0.3, -0.25) is 9.89 Å². The van der Waals surface area contributed by atoms with Gasteiger partial charge >= 0.3 is 0 Å². The summed E-state index contributed by atoms with van der Waals surface area (Å²) in [4.78, 5) is 14.3. The van der Waals surface area contributed by atoms with E-state index in [9.17, 15) is 4.79 Å². The Morgan fingerprint density at radius 2 is 2.22 bits per heavy atom. The Bertz CT molecular complexity index is 628. The zero-order valence-corrected chi connectivity index (χ0v) is 13.6. The monoisotopic (exact) mass is 333 g/mol. The number of nitrogens with zero attached hydrogens (tertiary/aromatic N) is 2. The minimum Gasteiger partial charge on any atom is -0.370 e. The molecule has 1 aliphatic rings. The van der Waals surface area contributed by atoms with E-state index in [1.54, 1.807) is 6.20 Å². The molecular formula is C17H20ClN3O2. The highest BCUT2D eigenvalue weighted by Gasteiger charge is 2.25. The van der Waals surface area contributed by atoms with Crippen LogP contribution in [0.5, 0.6) is 0 Å². The van der Waals surface area contributed by atoms with Crippen molar-refractivity contribution < 1.29 is 9.53 Å². The third-order valence-electron chi connectivity index (χ3n) is 4.07. The number of hydrogen-bond donors (Lipinski definition) is 1. The highest BCUT2D eigenvalue weighted by molar-refractivity contribution is 6.30. The number of rotatable bonds is 5. The van der Waals surface area contributed by atoms with E-state index in [0.29, 0.717) is 31.1 Å². The number of hydrogen-bond acceptors (Lipinski definition) is 3. The summed E-state index contributed by atoms with van der Waals surface area (Å²) < 4.78 is 5.80. The molecule has 1 amide bonds. The molecule has 2 heterocycles. The molecule has 0 spiro atoms. The first-order valence-electron chi connectivity index (χ1n) is 7.85. The molecule has 1 fully saturated rings. The molecule has 5 nitrogen and oxygen atoms in total. The summed E-state index contributed by atoms with van der Waals surface area (Å²) in [7, 11) is 0. The topological polar surface area (TPSA) is 58.2 Å². The van der Waals surface area contributed by atoms with Crippen molar-refractivity contribution in [2.75, 3.05) is 19.7 Å². The van der Waals surface area contributed by atoms with Crippen LogP contribution in [-0.4, -0.2) is 40.7 Å². The number of halogens is 1. The Labute approximate surface area is 140 Å². The fraction of sp³-hybridized carbons (Fsp3) is 0.412. The van der Waals surface area contributed by atoms with Gasteiger partial charge in [0.05, 0.1) is 19.3 Å². The molecule has 1 aliphatic heterocycles. The van der Waals surface area contributed by atoms with E-state index in [4.69, 9.17) is 16.3 Å². The van der Waals surface area contributed by atoms with Crippen LogP contribution in [0.4, 0.5) is 0 Å². The fourth-order valence-corrected chi connectivity index (χ4v) is 2.90. The minimum absolute atomic E-state index is 0.0705. The quantitative estimate of drug-likeness (QED) is 0.915. The lowest BCUT2D eigenvalue weighted by Crippen LogP contribution is -2.42. The first-order valence-corrected chi connectivity index (χ1v) is 8.22. The number of ether oxygens (including phenoxy) is 1. The summed E-state index contributed by atoms with van der Waals surface area (Å²) in [6, 6.07) is 7.62. The molecule has 0 saturated carbocycles. The predicted molar refractivity (Wildman–Crippen MR) is 88.3 cm³/mol. The lowest BCUT2D eigenvalue weighted by molar-refractivity contribution is -0.139. The van der Waals surface area contributed by atoms with Gasteiger partial charge in [0.25, 0.3) is 0 Å². The third-order valence-corrected chi connectivity index (χ3v) is 4.32. The van der Waals surface area contributed by atoms with E-state index in [0.717, 1.165) is 24.0 Å². The average Bonchev–Trinajstić information content (AvgIpc) is 3.09. The van der Waals surface area contributed by atoms with Crippen LogP contribution >= 0.6 is 11.6 Å². The number of amides is 1. The summed E-state index contributed by atoms with van der Waals surface area (Å²) in [5, 5.41) is 7.41. The van der Waals surface area contributed by atoms with E-state index in [-0.39, 0.29) is 12.0 Å². The Kier molecular flexibility index (Phi) is 5.31. The largest absolute Gasteiger partial charge is 0.370 e. The number of H-pyrrole nitrogens is 1. The highest BCUT2D eigenvalue weighted by atomic mass is 35.5. The molecule has 1 N–H and O–H groups in total. The Morgan fingerprint density at radius 3 is 2.96 bits per heavy atom. The SMILES string of the molecule is O=C(CCCc1cn[nH]c1)N1CCO[C@@H](c2ccc(Cl)cc2)C1. The summed E-state index contributed by atoms with van der Waals surface area (Å²) >= 11 is 5.92. The zero-order valence-electron chi connectivity index (χ0n) is 12.9. The first kappa shape index (κ1) is 16.0. The van der Waals surface area contributed by atoms with E-state index < -0.39 is 0 Å². The van der Waals surface area contributed by atoms with Crippen molar-refractivity contribution >= 4 is 17.5 Å². The minimum atomic E-state index is -0.0705. The van der Waals surface area contributed by atoms with E-state index >= 15 is 0 Å². The van der Waals surface area contributed by atoms with Gasteiger partial charge in [-0.15, -0.1) is 0 Å². The fourth-order valence-electron chi connectivity index (χ4n) is 2.77. The standard InChI is InChI=1S/C17H20ClN3O2/c18-15-6-4-14(5-7-15)16-12-21(8-9-23-16)17(22)3-1-2-13-10-19-20-11-13/h4-7,10-11,16H,1-3,8-9,12H2,(H,19,20)/t16-/m1/s1. The first-order chi connectivity index (χ1) is 11.2. The molecule has 1 aromatic heterocycles. The number of nitrogens with one attached hydrogen (secondary N) is 1. The van der Waals surface area contributed by atoms with Gasteiger partial charge in [0.1, 0.15) is 6.10 Å². The van der Waals surface area contributed by atoms with Crippen molar-refractivity contribution in [3.8, 4) is 0 Å². The van der Waals surface area contributed by atoms with Gasteiger partial charge in [-0.05, 0) is 36.1 Å². The highest BCUT2D eigenvalue weighted by Crippen LogP contribution is 2.24. The van der Waals surface area contributed by atoms with Crippen LogP contribution in [0.25, 0.3) is 0 Å². The number of benzene rings is 1. The molecule has 122 valence electrons. The lowest BCUT2D eigenvalue weighted by atomic mass is 10.1. The molecule has 2 aromatic rings. The number of aromatic nitrogens is 2. The molecule has 23 heavy (non-hydrogen) atoms. The smallest absolute Gasteiger partial charge is 0.222 e. The molecule has 3 rings (SSSR count). The second kappa shape index (κ2) is 7.62. The van der Waals surface area contributed by atoms with Crippen molar-refractivity contribution in [3.63, 3.8) is 0 Å². The third kappa shape index (κ3) is 4.33. The maximum atomic E-state index is 12.4. The van der Waals surface area contributed by atoms with Crippen molar-refractivity contribution in [1.29, 1.82) is 0 Å². The average molecular weight is 334 g/mol. The summed E-state index contributed by atoms with van der Waals surface area (Å²) in [6.07, 6.45) is 5.86. The zero-order chi connectivity index (χ0) is 16.1. The van der Waals surface area contributed by atoms with Crippen LogP contribution in [0.3, 0.4) is 0 Å². The van der Waals surface area contributed by atoms with E-state index in [2.05, 4.69) is 10.2 Å². The van der Waals surface area contributed by atoms with Gasteiger partial charge in [0, 0.05) is 24.2 Å². The van der Waals surface area contributed by atoms with Gasteiger partial charge in [0.2, 0.25) is 5.91 Å². The van der Waals surface area contributed by atoms with Gasteiger partial charge < -0.3 is 9.64 Å². The van der Waals surface area contributed by atoms with Crippen LogP contribution < -0.4 is 0 Å². The Morgan fingerprint density at radius 1 is 1.39 bits per heavy atom. The molecule has 0 aliphatic carbocycles.